The molecule has 3 aromatic rings. The first kappa shape index (κ1) is 31.0. The van der Waals surface area contributed by atoms with E-state index < -0.39 is 12.3 Å². The van der Waals surface area contributed by atoms with Gasteiger partial charge in [-0.2, -0.15) is 0 Å². The Labute approximate surface area is 261 Å². The number of rotatable bonds is 11. The van der Waals surface area contributed by atoms with E-state index in [1.807, 2.05) is 35.2 Å². The zero-order valence-electron chi connectivity index (χ0n) is 26.3. The van der Waals surface area contributed by atoms with E-state index >= 15 is 4.39 Å². The first-order valence-corrected chi connectivity index (χ1v) is 16.7. The molecule has 2 fully saturated rings. The number of hydrogen-bond donors (Lipinski definition) is 2. The van der Waals surface area contributed by atoms with Gasteiger partial charge in [-0.15, -0.1) is 0 Å². The number of fused-ring (bicyclic) bond motifs is 6. The second kappa shape index (κ2) is 13.2. The summed E-state index contributed by atoms with van der Waals surface area (Å²) in [5.74, 6) is 1.06. The quantitative estimate of drug-likeness (QED) is 0.228. The fraction of sp³-hybridized carbons (Fsp3) is 0.553. The second-order valence-electron chi connectivity index (χ2n) is 14.0. The van der Waals surface area contributed by atoms with Crippen LogP contribution >= 0.6 is 0 Å². The van der Waals surface area contributed by atoms with Crippen molar-refractivity contribution in [2.45, 2.75) is 82.9 Å². The number of halogens is 1. The monoisotopic (exact) mass is 601 g/mol. The molecule has 6 heteroatoms. The molecule has 3 aliphatic rings. The molecule has 44 heavy (non-hydrogen) atoms. The third-order valence-electron chi connectivity index (χ3n) is 11.4. The van der Waals surface area contributed by atoms with Gasteiger partial charge in [-0.05, 0) is 101 Å². The van der Waals surface area contributed by atoms with Gasteiger partial charge in [0.15, 0.2) is 0 Å². The summed E-state index contributed by atoms with van der Waals surface area (Å²) in [4.78, 5) is 15.3. The molecule has 0 spiro atoms. The molecule has 0 aromatic heterocycles. The van der Waals surface area contributed by atoms with Crippen LogP contribution in [0.4, 0.5) is 4.39 Å². The predicted octanol–water partition coefficient (Wildman–Crippen LogP) is 7.21. The van der Waals surface area contributed by atoms with Crippen LogP contribution in [0, 0.1) is 23.2 Å². The fourth-order valence-electron chi connectivity index (χ4n) is 9.12. The molecule has 5 nitrogen and oxygen atoms in total. The molecule has 6 rings (SSSR count). The highest BCUT2D eigenvalue weighted by molar-refractivity contribution is 5.85. The molecule has 3 aliphatic carbocycles. The van der Waals surface area contributed by atoms with E-state index in [9.17, 15) is 15.0 Å². The summed E-state index contributed by atoms with van der Waals surface area (Å²) in [6.07, 6.45) is 5.87. The third-order valence-corrected chi connectivity index (χ3v) is 11.4. The van der Waals surface area contributed by atoms with Gasteiger partial charge in [-0.3, -0.25) is 4.79 Å². The number of benzene rings is 3. The molecule has 0 radical (unpaired) electrons. The number of aliphatic hydroxyl groups excluding tert-OH is 1. The van der Waals surface area contributed by atoms with Crippen LogP contribution in [0.25, 0.3) is 10.8 Å². The smallest absolute Gasteiger partial charge is 0.227 e. The average Bonchev–Trinajstić information content (AvgIpc) is 3.30. The average molecular weight is 602 g/mol. The van der Waals surface area contributed by atoms with Crippen molar-refractivity contribution in [3.8, 4) is 5.75 Å². The van der Waals surface area contributed by atoms with Crippen LogP contribution in [0.1, 0.15) is 74.5 Å². The number of aliphatic hydroxyl groups is 1. The van der Waals surface area contributed by atoms with Crippen molar-refractivity contribution in [1.29, 1.82) is 0 Å². The number of phenolic OH excluding ortho intramolecular Hbond substituents is 1. The van der Waals surface area contributed by atoms with Gasteiger partial charge in [0.05, 0.1) is 19.1 Å². The van der Waals surface area contributed by atoms with Gasteiger partial charge < -0.3 is 19.8 Å². The van der Waals surface area contributed by atoms with Gasteiger partial charge in [0.2, 0.25) is 5.91 Å². The first-order valence-electron chi connectivity index (χ1n) is 16.7. The van der Waals surface area contributed by atoms with E-state index in [4.69, 9.17) is 4.74 Å². The molecule has 2 N–H and O–H groups in total. The number of phenols is 1. The summed E-state index contributed by atoms with van der Waals surface area (Å²) in [6, 6.07) is 20.0. The highest BCUT2D eigenvalue weighted by Gasteiger charge is 2.59. The van der Waals surface area contributed by atoms with Crippen molar-refractivity contribution in [3.05, 3.63) is 77.4 Å². The van der Waals surface area contributed by atoms with Crippen molar-refractivity contribution in [2.75, 3.05) is 26.8 Å². The molecule has 7 atom stereocenters. The fourth-order valence-corrected chi connectivity index (χ4v) is 9.12. The van der Waals surface area contributed by atoms with Crippen LogP contribution in [0.3, 0.4) is 0 Å². The third kappa shape index (κ3) is 6.12. The van der Waals surface area contributed by atoms with Gasteiger partial charge >= 0.3 is 0 Å². The van der Waals surface area contributed by atoms with Crippen molar-refractivity contribution < 1.29 is 24.1 Å². The Balaban J connectivity index is 1.09. The molecular weight excluding hydrogens is 553 g/mol. The number of carbonyl (C=O) groups is 1. The number of ether oxygens (including phenoxy) is 1. The van der Waals surface area contributed by atoms with Gasteiger partial charge in [-0.1, -0.05) is 68.3 Å². The van der Waals surface area contributed by atoms with Gasteiger partial charge in [0.25, 0.3) is 0 Å². The molecule has 2 saturated carbocycles. The zero-order valence-corrected chi connectivity index (χ0v) is 26.3. The maximum atomic E-state index is 16.0. The molecule has 0 bridgehead atoms. The number of amides is 1. The summed E-state index contributed by atoms with van der Waals surface area (Å²) in [7, 11) is 1.67. The number of alkyl halides is 1. The highest BCUT2D eigenvalue weighted by atomic mass is 19.1. The van der Waals surface area contributed by atoms with Crippen molar-refractivity contribution >= 4 is 16.7 Å². The van der Waals surface area contributed by atoms with Crippen LogP contribution in [-0.2, 0) is 22.4 Å². The van der Waals surface area contributed by atoms with E-state index in [2.05, 4.69) is 31.2 Å². The minimum absolute atomic E-state index is 0.124. The SMILES string of the molecule is COCCN(CCCCCC1Cc2cc(O)ccc2C2C(F)C[C@]3(C)C(O)CCC3C12)C(=O)Cc1ccc2ccccc2c1. The predicted molar refractivity (Wildman–Crippen MR) is 172 cm³/mol. The number of methoxy groups -OCH3 is 1. The zero-order chi connectivity index (χ0) is 30.8. The maximum Gasteiger partial charge on any atom is 0.227 e. The van der Waals surface area contributed by atoms with E-state index in [0.29, 0.717) is 44.4 Å². The van der Waals surface area contributed by atoms with E-state index in [0.717, 1.165) is 67.0 Å². The van der Waals surface area contributed by atoms with Crippen LogP contribution in [0.2, 0.25) is 0 Å². The second-order valence-corrected chi connectivity index (χ2v) is 14.0. The molecular formula is C38H48FNO4. The van der Waals surface area contributed by atoms with E-state index in [1.54, 1.807) is 13.2 Å². The van der Waals surface area contributed by atoms with Crippen LogP contribution < -0.4 is 0 Å². The maximum absolute atomic E-state index is 16.0. The van der Waals surface area contributed by atoms with Gasteiger partial charge in [0.1, 0.15) is 11.9 Å². The highest BCUT2D eigenvalue weighted by Crippen LogP contribution is 2.63. The first-order chi connectivity index (χ1) is 21.3. The Morgan fingerprint density at radius 1 is 1.02 bits per heavy atom. The minimum Gasteiger partial charge on any atom is -0.508 e. The summed E-state index contributed by atoms with van der Waals surface area (Å²) in [6.45, 7) is 3.90. The standard InChI is InChI=1S/C38H48FNO4/c1-38-24-33(39)37-31-14-13-30(41)23-29(31)22-28(36(37)32(38)15-16-34(38)42)10-4-3-7-17-40(18-19-44-2)35(43)21-25-11-12-26-8-5-6-9-27(26)20-25/h5-6,8-9,11-14,20,23,28,32-34,36-37,41-42H,3-4,7,10,15-19,21-22,24H2,1-2H3/t28?,32?,33?,34?,36?,37?,38-/m0/s1. The lowest BCUT2D eigenvalue weighted by Crippen LogP contribution is -2.51. The Hall–Kier alpha value is -2.96. The van der Waals surface area contributed by atoms with Crippen LogP contribution in [-0.4, -0.2) is 60.1 Å². The summed E-state index contributed by atoms with van der Waals surface area (Å²) >= 11 is 0. The molecule has 3 aromatic carbocycles. The van der Waals surface area contributed by atoms with E-state index in [1.165, 1.54) is 5.39 Å². The number of carbonyl (C=O) groups excluding carboxylic acids is 1. The topological polar surface area (TPSA) is 70.0 Å². The molecule has 6 unspecified atom stereocenters. The summed E-state index contributed by atoms with van der Waals surface area (Å²) < 4.78 is 21.4. The Morgan fingerprint density at radius 2 is 1.84 bits per heavy atom. The number of nitrogens with zero attached hydrogens (tertiary/aromatic N) is 1. The molecule has 0 heterocycles. The molecule has 236 valence electrons. The lowest BCUT2D eigenvalue weighted by molar-refractivity contribution is -0.131. The van der Waals surface area contributed by atoms with Gasteiger partial charge in [0, 0.05) is 26.1 Å². The van der Waals surface area contributed by atoms with Crippen LogP contribution in [0.5, 0.6) is 5.75 Å². The van der Waals surface area contributed by atoms with E-state index in [-0.39, 0.29) is 28.9 Å². The minimum atomic E-state index is -0.983. The summed E-state index contributed by atoms with van der Waals surface area (Å²) in [5, 5.41) is 23.5. The van der Waals surface area contributed by atoms with Crippen molar-refractivity contribution in [3.63, 3.8) is 0 Å². The van der Waals surface area contributed by atoms with Crippen molar-refractivity contribution in [2.24, 2.45) is 23.2 Å². The molecule has 0 aliphatic heterocycles. The van der Waals surface area contributed by atoms with Crippen molar-refractivity contribution in [1.82, 2.24) is 4.90 Å². The Bertz CT molecular complexity index is 1460. The largest absolute Gasteiger partial charge is 0.508 e. The van der Waals surface area contributed by atoms with Gasteiger partial charge in [-0.25, -0.2) is 4.39 Å². The lowest BCUT2D eigenvalue weighted by atomic mass is 9.51. The number of unbranched alkanes of at least 4 members (excludes halogenated alkanes) is 2. The molecule has 0 saturated heterocycles. The van der Waals surface area contributed by atoms with Crippen LogP contribution in [0.15, 0.2) is 60.7 Å². The number of hydrogen-bond acceptors (Lipinski definition) is 4. The Morgan fingerprint density at radius 3 is 2.66 bits per heavy atom. The summed E-state index contributed by atoms with van der Waals surface area (Å²) in [5.41, 5.74) is 2.82. The number of aromatic hydroxyl groups is 1. The molecule has 1 amide bonds. The lowest BCUT2D eigenvalue weighted by Gasteiger charge is -2.54. The Kier molecular flexibility index (Phi) is 9.30. The normalized spacial score (nSPS) is 29.2.